The number of carbonyl (C=O) groups is 2. The molecule has 1 saturated heterocycles. The number of rotatable bonds is 2. The molecule has 0 radical (unpaired) electrons. The van der Waals surface area contributed by atoms with Gasteiger partial charge in [0.05, 0.1) is 42.0 Å². The lowest BCUT2D eigenvalue weighted by atomic mass is 9.97. The van der Waals surface area contributed by atoms with Crippen molar-refractivity contribution in [2.45, 2.75) is 50.6 Å². The number of benzene rings is 1. The van der Waals surface area contributed by atoms with E-state index < -0.39 is 12.0 Å². The summed E-state index contributed by atoms with van der Waals surface area (Å²) in [7, 11) is 6.61. The summed E-state index contributed by atoms with van der Waals surface area (Å²) in [6.07, 6.45) is 1.25. The summed E-state index contributed by atoms with van der Waals surface area (Å²) in [6, 6.07) is 7.07. The van der Waals surface area contributed by atoms with E-state index in [4.69, 9.17) is 18.9 Å². The van der Waals surface area contributed by atoms with Crippen molar-refractivity contribution in [1.29, 1.82) is 5.26 Å². The van der Waals surface area contributed by atoms with Crippen LogP contribution < -0.4 is 4.74 Å². The summed E-state index contributed by atoms with van der Waals surface area (Å²) in [6.45, 7) is 2.70. The summed E-state index contributed by atoms with van der Waals surface area (Å²) < 4.78 is 23.6. The number of hydrogen-bond donors (Lipinski definition) is 0. The fraction of sp³-hybridized carbons (Fsp3) is 0.640. The Morgan fingerprint density at radius 1 is 1.03 bits per heavy atom. The van der Waals surface area contributed by atoms with Crippen LogP contribution in [0.1, 0.15) is 42.1 Å². The molecule has 1 aromatic carbocycles. The van der Waals surface area contributed by atoms with Crippen molar-refractivity contribution in [3.8, 4) is 11.8 Å². The lowest BCUT2D eigenvalue weighted by Gasteiger charge is -2.38. The molecular weight excluding hydrogens is 438 g/mol. The minimum absolute atomic E-state index is 0.0759. The third kappa shape index (κ3) is 5.69. The van der Waals surface area contributed by atoms with Crippen LogP contribution in [0.2, 0.25) is 0 Å². The summed E-state index contributed by atoms with van der Waals surface area (Å²) >= 11 is 0. The number of nitriles is 1. The van der Waals surface area contributed by atoms with Crippen LogP contribution in [-0.2, 0) is 19.0 Å². The van der Waals surface area contributed by atoms with Crippen molar-refractivity contribution in [3.05, 3.63) is 29.3 Å². The number of hydrogen-bond acceptors (Lipinski definition) is 7. The number of amides is 2. The van der Waals surface area contributed by atoms with Gasteiger partial charge in [0.2, 0.25) is 5.91 Å². The molecule has 2 aliphatic heterocycles. The molecule has 5 atom stereocenters. The van der Waals surface area contributed by atoms with E-state index in [1.54, 1.807) is 51.2 Å². The summed E-state index contributed by atoms with van der Waals surface area (Å²) in [5, 5.41) is 9.60. The largest absolute Gasteiger partial charge is 0.491 e. The minimum Gasteiger partial charge on any atom is -0.491 e. The third-order valence-electron chi connectivity index (χ3n) is 6.79. The van der Waals surface area contributed by atoms with Gasteiger partial charge in [-0.05, 0) is 25.0 Å². The second-order valence-corrected chi connectivity index (χ2v) is 9.05. The number of fused-ring (bicyclic) bond motifs is 3. The fourth-order valence-electron chi connectivity index (χ4n) is 4.68. The normalized spacial score (nSPS) is 29.2. The summed E-state index contributed by atoms with van der Waals surface area (Å²) in [5.41, 5.74) is 0.609. The number of para-hydroxylation sites is 1. The third-order valence-corrected chi connectivity index (χ3v) is 6.79. The average molecular weight is 474 g/mol. The van der Waals surface area contributed by atoms with Gasteiger partial charge >= 0.3 is 0 Å². The molecule has 0 N–H and O–H groups in total. The van der Waals surface area contributed by atoms with Crippen LogP contribution in [0.25, 0.3) is 0 Å². The molecule has 1 aromatic rings. The van der Waals surface area contributed by atoms with E-state index in [-0.39, 0.29) is 42.4 Å². The zero-order valence-electron chi connectivity index (χ0n) is 20.7. The van der Waals surface area contributed by atoms with Gasteiger partial charge in [0.25, 0.3) is 5.91 Å². The van der Waals surface area contributed by atoms with Crippen molar-refractivity contribution in [1.82, 2.24) is 9.80 Å². The topological polar surface area (TPSA) is 101 Å². The van der Waals surface area contributed by atoms with Gasteiger partial charge in [-0.1, -0.05) is 13.0 Å². The number of nitrogens with zero attached hydrogens (tertiary/aromatic N) is 3. The van der Waals surface area contributed by atoms with Crippen LogP contribution in [0.4, 0.5) is 0 Å². The van der Waals surface area contributed by atoms with Crippen LogP contribution in [0, 0.1) is 17.2 Å². The molecule has 2 heterocycles. The van der Waals surface area contributed by atoms with Crippen LogP contribution >= 0.6 is 0 Å². The number of ether oxygens (including phenoxy) is 4. The summed E-state index contributed by atoms with van der Waals surface area (Å²) in [5.74, 6) is -0.601. The highest BCUT2D eigenvalue weighted by Crippen LogP contribution is 2.28. The van der Waals surface area contributed by atoms with Gasteiger partial charge in [0.1, 0.15) is 17.9 Å². The SMILES string of the molecule is CO[C@@H]1CC[C@H]2CCOc3c(C#N)cccc3C(=O)N(C)C[C@@H](OC)[C@@H](C)C(=O)N(C)C[C@@H]1O2. The minimum atomic E-state index is -0.515. The highest BCUT2D eigenvalue weighted by molar-refractivity contribution is 5.97. The average Bonchev–Trinajstić information content (AvgIpc) is 2.85. The molecule has 0 spiro atoms. The molecule has 186 valence electrons. The van der Waals surface area contributed by atoms with Crippen molar-refractivity contribution < 1.29 is 28.5 Å². The Morgan fingerprint density at radius 2 is 1.76 bits per heavy atom. The van der Waals surface area contributed by atoms with Gasteiger partial charge in [-0.15, -0.1) is 0 Å². The molecule has 34 heavy (non-hydrogen) atoms. The smallest absolute Gasteiger partial charge is 0.257 e. The predicted molar refractivity (Wildman–Crippen MR) is 125 cm³/mol. The maximum absolute atomic E-state index is 13.3. The number of carbonyl (C=O) groups excluding carboxylic acids is 2. The Morgan fingerprint density at radius 3 is 2.44 bits per heavy atom. The van der Waals surface area contributed by atoms with E-state index in [9.17, 15) is 14.9 Å². The van der Waals surface area contributed by atoms with Gasteiger partial charge in [-0.25, -0.2) is 0 Å². The molecule has 2 amide bonds. The molecule has 1 fully saturated rings. The van der Waals surface area contributed by atoms with E-state index in [0.717, 1.165) is 12.8 Å². The van der Waals surface area contributed by atoms with Gasteiger partial charge in [0.15, 0.2) is 0 Å². The number of methoxy groups -OCH3 is 2. The van der Waals surface area contributed by atoms with Crippen molar-refractivity contribution >= 4 is 11.8 Å². The molecule has 9 nitrogen and oxygen atoms in total. The number of likely N-dealkylation sites (N-methyl/N-ethyl adjacent to an activating group) is 2. The van der Waals surface area contributed by atoms with Crippen LogP contribution in [0.3, 0.4) is 0 Å². The predicted octanol–water partition coefficient (Wildman–Crippen LogP) is 2.08. The monoisotopic (exact) mass is 473 g/mol. The quantitative estimate of drug-likeness (QED) is 0.648. The first-order valence-corrected chi connectivity index (χ1v) is 11.7. The van der Waals surface area contributed by atoms with E-state index in [1.165, 1.54) is 12.0 Å². The maximum atomic E-state index is 13.3. The van der Waals surface area contributed by atoms with Crippen LogP contribution in [0.15, 0.2) is 18.2 Å². The second kappa shape index (κ2) is 11.6. The lowest BCUT2D eigenvalue weighted by Crippen LogP contribution is -2.50. The summed E-state index contributed by atoms with van der Waals surface area (Å²) in [4.78, 5) is 29.7. The zero-order valence-corrected chi connectivity index (χ0v) is 20.7. The highest BCUT2D eigenvalue weighted by atomic mass is 16.5. The molecule has 2 bridgehead atoms. The van der Waals surface area contributed by atoms with Crippen LogP contribution in [-0.4, -0.2) is 94.0 Å². The molecule has 0 saturated carbocycles. The Balaban J connectivity index is 1.95. The van der Waals surface area contributed by atoms with E-state index in [0.29, 0.717) is 30.7 Å². The van der Waals surface area contributed by atoms with E-state index >= 15 is 0 Å². The fourth-order valence-corrected chi connectivity index (χ4v) is 4.68. The Kier molecular flexibility index (Phi) is 8.89. The molecule has 3 rings (SSSR count). The van der Waals surface area contributed by atoms with E-state index in [1.807, 2.05) is 0 Å². The molecule has 2 aliphatic rings. The van der Waals surface area contributed by atoms with Crippen molar-refractivity contribution in [3.63, 3.8) is 0 Å². The molecule has 0 unspecified atom stereocenters. The molecule has 9 heteroatoms. The standard InChI is InChI=1S/C25H35N3O6/c1-16-21(32-5)14-28(3)25(30)19-8-6-7-17(13-26)23(19)33-12-11-18-9-10-20(31-4)22(34-18)15-27(2)24(16)29/h6-8,16,18,20-22H,9-12,14-15H2,1-5H3/t16-,18+,20-,21-,22+/m1/s1. The van der Waals surface area contributed by atoms with Gasteiger partial charge < -0.3 is 28.7 Å². The first-order chi connectivity index (χ1) is 16.3. The molecule has 0 aliphatic carbocycles. The maximum Gasteiger partial charge on any atom is 0.257 e. The first-order valence-electron chi connectivity index (χ1n) is 11.7. The van der Waals surface area contributed by atoms with Crippen molar-refractivity contribution in [2.24, 2.45) is 5.92 Å². The van der Waals surface area contributed by atoms with Crippen molar-refractivity contribution in [2.75, 3.05) is 48.0 Å². The zero-order chi connectivity index (χ0) is 24.8. The van der Waals surface area contributed by atoms with Gasteiger partial charge in [-0.2, -0.15) is 5.26 Å². The second-order valence-electron chi connectivity index (χ2n) is 9.05. The molecular formula is C25H35N3O6. The molecule has 0 aromatic heterocycles. The Hall–Kier alpha value is -2.67. The Bertz CT molecular complexity index is 916. The lowest BCUT2D eigenvalue weighted by molar-refractivity contribution is -0.154. The van der Waals surface area contributed by atoms with Gasteiger partial charge in [0, 0.05) is 47.8 Å². The Labute approximate surface area is 201 Å². The van der Waals surface area contributed by atoms with Crippen LogP contribution in [0.5, 0.6) is 5.75 Å². The first kappa shape index (κ1) is 25.9. The highest BCUT2D eigenvalue weighted by Gasteiger charge is 2.36. The van der Waals surface area contributed by atoms with E-state index in [2.05, 4.69) is 6.07 Å². The van der Waals surface area contributed by atoms with Gasteiger partial charge in [-0.3, -0.25) is 9.59 Å².